The van der Waals surface area contributed by atoms with Crippen molar-refractivity contribution in [1.82, 2.24) is 4.90 Å². The summed E-state index contributed by atoms with van der Waals surface area (Å²) in [6.45, 7) is 1.86. The van der Waals surface area contributed by atoms with E-state index >= 15 is 0 Å². The van der Waals surface area contributed by atoms with Crippen LogP contribution in [-0.2, 0) is 13.0 Å². The van der Waals surface area contributed by atoms with Gasteiger partial charge in [0.1, 0.15) is 5.76 Å². The van der Waals surface area contributed by atoms with E-state index in [1.807, 2.05) is 24.3 Å². The fraction of sp³-hybridized carbons (Fsp3) is 0.263. The highest BCUT2D eigenvalue weighted by Gasteiger charge is 2.07. The molecule has 1 aromatic heterocycles. The van der Waals surface area contributed by atoms with Gasteiger partial charge in [-0.25, -0.2) is 0 Å². The molecule has 0 bridgehead atoms. The highest BCUT2D eigenvalue weighted by molar-refractivity contribution is 6.36. The summed E-state index contributed by atoms with van der Waals surface area (Å²) in [6.07, 6.45) is 3.79. The molecule has 22 heavy (non-hydrogen) atoms. The fourth-order valence-corrected chi connectivity index (χ4v) is 3.09. The molecule has 0 aliphatic rings. The minimum absolute atomic E-state index is 0.846. The zero-order chi connectivity index (χ0) is 15.4. The quantitative estimate of drug-likeness (QED) is 0.625. The van der Waals surface area contributed by atoms with Crippen molar-refractivity contribution in [3.8, 4) is 0 Å². The number of benzene rings is 2. The molecular formula is C19H20ClNO. The van der Waals surface area contributed by atoms with Crippen molar-refractivity contribution >= 4 is 22.4 Å². The maximum Gasteiger partial charge on any atom is 0.117 e. The molecule has 0 N–H and O–H groups in total. The molecule has 0 radical (unpaired) electrons. The summed E-state index contributed by atoms with van der Waals surface area (Å²) in [5, 5.41) is 3.24. The summed E-state index contributed by atoms with van der Waals surface area (Å²) in [5.74, 6) is 1.01. The van der Waals surface area contributed by atoms with Gasteiger partial charge in [-0.3, -0.25) is 4.90 Å². The smallest absolute Gasteiger partial charge is 0.117 e. The Labute approximate surface area is 136 Å². The number of furan rings is 1. The lowest BCUT2D eigenvalue weighted by atomic mass is 10.0. The highest BCUT2D eigenvalue weighted by atomic mass is 35.5. The second-order valence-corrected chi connectivity index (χ2v) is 6.06. The van der Waals surface area contributed by atoms with Crippen LogP contribution in [0.5, 0.6) is 0 Å². The second kappa shape index (κ2) is 6.99. The molecule has 2 nitrogen and oxygen atoms in total. The molecule has 0 atom stereocenters. The van der Waals surface area contributed by atoms with Gasteiger partial charge < -0.3 is 4.42 Å². The number of rotatable bonds is 6. The Bertz CT molecular complexity index is 736. The molecule has 3 rings (SSSR count). The number of halogens is 1. The lowest BCUT2D eigenvalue weighted by Gasteiger charge is -2.15. The molecule has 3 heteroatoms. The van der Waals surface area contributed by atoms with Gasteiger partial charge >= 0.3 is 0 Å². The van der Waals surface area contributed by atoms with Gasteiger partial charge in [0.2, 0.25) is 0 Å². The Morgan fingerprint density at radius 1 is 1.05 bits per heavy atom. The molecule has 114 valence electrons. The van der Waals surface area contributed by atoms with Crippen LogP contribution in [0.1, 0.15) is 17.7 Å². The van der Waals surface area contributed by atoms with Crippen LogP contribution in [-0.4, -0.2) is 18.5 Å². The summed E-state index contributed by atoms with van der Waals surface area (Å²) in [4.78, 5) is 2.27. The predicted molar refractivity (Wildman–Crippen MR) is 92.3 cm³/mol. The standard InChI is InChI=1S/C19H20ClNO/c1-21(14-17-8-5-13-22-17)12-4-7-16-11-10-15-6-2-3-9-18(15)19(16)20/h2-3,5-6,8-11,13H,4,7,12,14H2,1H3. The van der Waals surface area contributed by atoms with E-state index in [0.717, 1.165) is 42.1 Å². The maximum atomic E-state index is 6.54. The van der Waals surface area contributed by atoms with E-state index in [0.29, 0.717) is 0 Å². The molecule has 0 fully saturated rings. The molecule has 0 spiro atoms. The van der Waals surface area contributed by atoms with Crippen LogP contribution in [0.25, 0.3) is 10.8 Å². The third kappa shape index (κ3) is 3.52. The van der Waals surface area contributed by atoms with Crippen LogP contribution >= 0.6 is 11.6 Å². The zero-order valence-corrected chi connectivity index (χ0v) is 13.5. The van der Waals surface area contributed by atoms with E-state index in [2.05, 4.69) is 36.2 Å². The predicted octanol–water partition coefficient (Wildman–Crippen LogP) is 5.15. The molecular weight excluding hydrogens is 294 g/mol. The highest BCUT2D eigenvalue weighted by Crippen LogP contribution is 2.28. The Morgan fingerprint density at radius 3 is 2.73 bits per heavy atom. The van der Waals surface area contributed by atoms with Crippen LogP contribution in [0.3, 0.4) is 0 Å². The first-order valence-electron chi connectivity index (χ1n) is 7.61. The van der Waals surface area contributed by atoms with E-state index in [9.17, 15) is 0 Å². The zero-order valence-electron chi connectivity index (χ0n) is 12.8. The first-order valence-corrected chi connectivity index (χ1v) is 7.99. The minimum atomic E-state index is 0.846. The number of hydrogen-bond donors (Lipinski definition) is 0. The van der Waals surface area contributed by atoms with Crippen LogP contribution in [0, 0.1) is 0 Å². The number of hydrogen-bond acceptors (Lipinski definition) is 2. The molecule has 3 aromatic rings. The first-order chi connectivity index (χ1) is 10.7. The van der Waals surface area contributed by atoms with Gasteiger partial charge in [-0.05, 0) is 49.5 Å². The van der Waals surface area contributed by atoms with Gasteiger partial charge in [-0.1, -0.05) is 48.0 Å². The summed E-state index contributed by atoms with van der Waals surface area (Å²) in [5.41, 5.74) is 1.23. The summed E-state index contributed by atoms with van der Waals surface area (Å²) < 4.78 is 5.37. The van der Waals surface area contributed by atoms with Gasteiger partial charge in [0, 0.05) is 5.39 Å². The molecule has 0 amide bonds. The lowest BCUT2D eigenvalue weighted by Crippen LogP contribution is -2.19. The van der Waals surface area contributed by atoms with E-state index in [1.54, 1.807) is 6.26 Å². The molecule has 0 unspecified atom stereocenters. The summed E-state index contributed by atoms with van der Waals surface area (Å²) in [6, 6.07) is 16.5. The van der Waals surface area contributed by atoms with Gasteiger partial charge in [-0.15, -0.1) is 0 Å². The third-order valence-corrected chi connectivity index (χ3v) is 4.38. The van der Waals surface area contributed by atoms with Crippen LogP contribution < -0.4 is 0 Å². The molecule has 0 aliphatic carbocycles. The second-order valence-electron chi connectivity index (χ2n) is 5.68. The number of nitrogens with zero attached hydrogens (tertiary/aromatic N) is 1. The van der Waals surface area contributed by atoms with Crippen molar-refractivity contribution in [2.75, 3.05) is 13.6 Å². The average molecular weight is 314 g/mol. The van der Waals surface area contributed by atoms with Crippen molar-refractivity contribution < 1.29 is 4.42 Å². The Kier molecular flexibility index (Phi) is 4.81. The monoisotopic (exact) mass is 313 g/mol. The molecule has 2 aromatic carbocycles. The van der Waals surface area contributed by atoms with E-state index in [-0.39, 0.29) is 0 Å². The average Bonchev–Trinajstić information content (AvgIpc) is 3.03. The van der Waals surface area contributed by atoms with E-state index in [4.69, 9.17) is 16.0 Å². The summed E-state index contributed by atoms with van der Waals surface area (Å²) in [7, 11) is 2.12. The normalized spacial score (nSPS) is 11.4. The molecule has 0 saturated heterocycles. The minimum Gasteiger partial charge on any atom is -0.468 e. The van der Waals surface area contributed by atoms with Gasteiger partial charge in [-0.2, -0.15) is 0 Å². The third-order valence-electron chi connectivity index (χ3n) is 3.94. The van der Waals surface area contributed by atoms with Gasteiger partial charge in [0.25, 0.3) is 0 Å². The van der Waals surface area contributed by atoms with Crippen LogP contribution in [0.4, 0.5) is 0 Å². The number of fused-ring (bicyclic) bond motifs is 1. The van der Waals surface area contributed by atoms with Crippen molar-refractivity contribution in [3.63, 3.8) is 0 Å². The van der Waals surface area contributed by atoms with Gasteiger partial charge in [0.15, 0.2) is 0 Å². The van der Waals surface area contributed by atoms with E-state index in [1.165, 1.54) is 10.9 Å². The topological polar surface area (TPSA) is 16.4 Å². The molecule has 1 heterocycles. The Hall–Kier alpha value is -1.77. The van der Waals surface area contributed by atoms with Crippen molar-refractivity contribution in [1.29, 1.82) is 0 Å². The Balaban J connectivity index is 1.58. The molecule has 0 aliphatic heterocycles. The van der Waals surface area contributed by atoms with E-state index < -0.39 is 0 Å². The van der Waals surface area contributed by atoms with Crippen LogP contribution in [0.2, 0.25) is 5.02 Å². The Morgan fingerprint density at radius 2 is 1.91 bits per heavy atom. The maximum absolute atomic E-state index is 6.54. The summed E-state index contributed by atoms with van der Waals surface area (Å²) >= 11 is 6.54. The fourth-order valence-electron chi connectivity index (χ4n) is 2.76. The number of aryl methyl sites for hydroxylation is 1. The van der Waals surface area contributed by atoms with Crippen molar-refractivity contribution in [2.45, 2.75) is 19.4 Å². The van der Waals surface area contributed by atoms with Crippen molar-refractivity contribution in [3.05, 3.63) is 71.1 Å². The molecule has 0 saturated carbocycles. The van der Waals surface area contributed by atoms with Crippen LogP contribution in [0.15, 0.2) is 59.2 Å². The SMILES string of the molecule is CN(CCCc1ccc2ccccc2c1Cl)Cc1ccco1. The van der Waals surface area contributed by atoms with Crippen molar-refractivity contribution in [2.24, 2.45) is 0 Å². The van der Waals surface area contributed by atoms with Gasteiger partial charge in [0.05, 0.1) is 17.8 Å². The lowest BCUT2D eigenvalue weighted by molar-refractivity contribution is 0.292. The largest absolute Gasteiger partial charge is 0.468 e. The first kappa shape index (κ1) is 15.1.